The first-order chi connectivity index (χ1) is 11.5. The number of aryl methyl sites for hydroxylation is 1. The lowest BCUT2D eigenvalue weighted by molar-refractivity contribution is 0.0997. The van der Waals surface area contributed by atoms with Gasteiger partial charge in [-0.1, -0.05) is 18.2 Å². The zero-order valence-electron chi connectivity index (χ0n) is 13.6. The molecular weight excluding hydrogens is 306 g/mol. The molecule has 1 atom stereocenters. The summed E-state index contributed by atoms with van der Waals surface area (Å²) in [5.41, 5.74) is 9.74. The standard InChI is InChI=1S/C17H19N5O2/c1-10-8-9-13(21-20-12-6-4-3-5-7-12)16-19-11(2)14(15(18)23)17(24)22(10)16/h3-7,10,20H,8-9H2,1-2H3,(H2,18,23)/b21-13+. The van der Waals surface area contributed by atoms with E-state index in [4.69, 9.17) is 5.73 Å². The molecule has 2 heterocycles. The highest BCUT2D eigenvalue weighted by atomic mass is 16.2. The van der Waals surface area contributed by atoms with Crippen molar-refractivity contribution in [1.82, 2.24) is 9.55 Å². The number of carbonyl (C=O) groups is 1. The summed E-state index contributed by atoms with van der Waals surface area (Å²) in [6, 6.07) is 9.48. The molecule has 0 bridgehead atoms. The first-order valence-electron chi connectivity index (χ1n) is 7.80. The quantitative estimate of drug-likeness (QED) is 0.840. The van der Waals surface area contributed by atoms with Gasteiger partial charge >= 0.3 is 0 Å². The fourth-order valence-electron chi connectivity index (χ4n) is 2.87. The molecule has 1 amide bonds. The highest BCUT2D eigenvalue weighted by molar-refractivity contribution is 6.00. The van der Waals surface area contributed by atoms with Crippen LogP contribution in [0.3, 0.4) is 0 Å². The molecule has 124 valence electrons. The molecular formula is C17H19N5O2. The summed E-state index contributed by atoms with van der Waals surface area (Å²) in [6.07, 6.45) is 1.44. The number of amides is 1. The maximum absolute atomic E-state index is 12.7. The molecule has 1 aliphatic heterocycles. The van der Waals surface area contributed by atoms with E-state index in [1.165, 1.54) is 4.57 Å². The normalized spacial score (nSPS) is 18.2. The molecule has 0 spiro atoms. The number of benzene rings is 1. The number of para-hydroxylation sites is 1. The average molecular weight is 325 g/mol. The number of hydrogen-bond donors (Lipinski definition) is 2. The molecule has 2 aromatic rings. The largest absolute Gasteiger partial charge is 0.365 e. The molecule has 0 fully saturated rings. The fraction of sp³-hybridized carbons (Fsp3) is 0.294. The Labute approximate surface area is 139 Å². The van der Waals surface area contributed by atoms with Crippen molar-refractivity contribution in [2.45, 2.75) is 32.7 Å². The van der Waals surface area contributed by atoms with Gasteiger partial charge in [-0.3, -0.25) is 19.6 Å². The highest BCUT2D eigenvalue weighted by Crippen LogP contribution is 2.23. The second kappa shape index (κ2) is 6.27. The van der Waals surface area contributed by atoms with E-state index < -0.39 is 11.5 Å². The van der Waals surface area contributed by atoms with Gasteiger partial charge in [0.05, 0.1) is 11.4 Å². The van der Waals surface area contributed by atoms with E-state index in [0.717, 1.165) is 12.1 Å². The Morgan fingerprint density at radius 2 is 2.08 bits per heavy atom. The van der Waals surface area contributed by atoms with Crippen LogP contribution in [0.2, 0.25) is 0 Å². The fourth-order valence-corrected chi connectivity index (χ4v) is 2.87. The number of nitrogens with one attached hydrogen (secondary N) is 1. The van der Waals surface area contributed by atoms with Gasteiger partial charge in [0.1, 0.15) is 11.3 Å². The van der Waals surface area contributed by atoms with Gasteiger partial charge in [-0.05, 0) is 38.8 Å². The molecule has 3 N–H and O–H groups in total. The van der Waals surface area contributed by atoms with Gasteiger partial charge in [0.2, 0.25) is 0 Å². The van der Waals surface area contributed by atoms with E-state index in [-0.39, 0.29) is 11.6 Å². The van der Waals surface area contributed by atoms with E-state index in [0.29, 0.717) is 23.7 Å². The van der Waals surface area contributed by atoms with Crippen molar-refractivity contribution in [3.8, 4) is 0 Å². The molecule has 1 unspecified atom stereocenters. The Bertz CT molecular complexity index is 871. The second-order valence-electron chi connectivity index (χ2n) is 5.86. The number of aromatic nitrogens is 2. The lowest BCUT2D eigenvalue weighted by Crippen LogP contribution is -2.39. The van der Waals surface area contributed by atoms with Gasteiger partial charge in [-0.2, -0.15) is 5.10 Å². The summed E-state index contributed by atoms with van der Waals surface area (Å²) >= 11 is 0. The number of anilines is 1. The van der Waals surface area contributed by atoms with Gasteiger partial charge in [0.15, 0.2) is 5.82 Å². The first-order valence-corrected chi connectivity index (χ1v) is 7.80. The molecule has 0 aliphatic carbocycles. The third-order valence-electron chi connectivity index (χ3n) is 4.13. The van der Waals surface area contributed by atoms with Crippen LogP contribution in [0, 0.1) is 6.92 Å². The predicted molar refractivity (Wildman–Crippen MR) is 92.3 cm³/mol. The summed E-state index contributed by atoms with van der Waals surface area (Å²) in [6.45, 7) is 3.54. The van der Waals surface area contributed by atoms with Crippen LogP contribution in [-0.2, 0) is 0 Å². The molecule has 3 rings (SSSR count). The molecule has 0 saturated carbocycles. The van der Waals surface area contributed by atoms with E-state index in [1.807, 2.05) is 37.3 Å². The number of nitrogens with two attached hydrogens (primary N) is 1. The topological polar surface area (TPSA) is 102 Å². The van der Waals surface area contributed by atoms with Crippen LogP contribution in [0.5, 0.6) is 0 Å². The Kier molecular flexibility index (Phi) is 4.16. The molecule has 0 saturated heterocycles. The van der Waals surface area contributed by atoms with Crippen LogP contribution in [-0.4, -0.2) is 21.2 Å². The van der Waals surface area contributed by atoms with Crippen molar-refractivity contribution in [3.05, 3.63) is 57.8 Å². The maximum Gasteiger partial charge on any atom is 0.267 e. The number of hydrogen-bond acceptors (Lipinski definition) is 5. The second-order valence-corrected chi connectivity index (χ2v) is 5.86. The van der Waals surface area contributed by atoms with Crippen LogP contribution in [0.4, 0.5) is 5.69 Å². The van der Waals surface area contributed by atoms with Crippen LogP contribution >= 0.6 is 0 Å². The van der Waals surface area contributed by atoms with Crippen molar-refractivity contribution in [2.24, 2.45) is 10.8 Å². The number of carbonyl (C=O) groups excluding carboxylic acids is 1. The van der Waals surface area contributed by atoms with Crippen LogP contribution < -0.4 is 16.7 Å². The van der Waals surface area contributed by atoms with Gasteiger partial charge in [0, 0.05) is 6.04 Å². The average Bonchev–Trinajstić information content (AvgIpc) is 2.54. The Hall–Kier alpha value is -2.96. The monoisotopic (exact) mass is 325 g/mol. The molecule has 1 aromatic heterocycles. The van der Waals surface area contributed by atoms with Crippen molar-refractivity contribution < 1.29 is 4.79 Å². The number of primary amides is 1. The lowest BCUT2D eigenvalue weighted by Gasteiger charge is -2.26. The minimum Gasteiger partial charge on any atom is -0.365 e. The van der Waals surface area contributed by atoms with Crippen LogP contribution in [0.15, 0.2) is 40.2 Å². The van der Waals surface area contributed by atoms with Crippen molar-refractivity contribution in [1.29, 1.82) is 0 Å². The smallest absolute Gasteiger partial charge is 0.267 e. The van der Waals surface area contributed by atoms with E-state index in [2.05, 4.69) is 15.5 Å². The lowest BCUT2D eigenvalue weighted by atomic mass is 10.0. The van der Waals surface area contributed by atoms with Gasteiger partial charge in [-0.15, -0.1) is 0 Å². The Balaban J connectivity index is 2.08. The number of rotatable bonds is 3. The minimum absolute atomic E-state index is 0.0529. The zero-order chi connectivity index (χ0) is 17.3. The predicted octanol–water partition coefficient (Wildman–Crippen LogP) is 1.82. The molecule has 1 aliphatic rings. The van der Waals surface area contributed by atoms with Crippen LogP contribution in [0.25, 0.3) is 0 Å². The number of fused-ring (bicyclic) bond motifs is 1. The minimum atomic E-state index is -0.751. The van der Waals surface area contributed by atoms with Gasteiger partial charge in [0.25, 0.3) is 11.5 Å². The van der Waals surface area contributed by atoms with Crippen molar-refractivity contribution in [2.75, 3.05) is 5.43 Å². The van der Waals surface area contributed by atoms with E-state index in [1.54, 1.807) is 6.92 Å². The highest BCUT2D eigenvalue weighted by Gasteiger charge is 2.27. The van der Waals surface area contributed by atoms with Crippen molar-refractivity contribution >= 4 is 17.3 Å². The summed E-state index contributed by atoms with van der Waals surface area (Å²) in [7, 11) is 0. The summed E-state index contributed by atoms with van der Waals surface area (Å²) in [5, 5.41) is 4.41. The number of hydrazone groups is 1. The molecule has 7 nitrogen and oxygen atoms in total. The van der Waals surface area contributed by atoms with Crippen molar-refractivity contribution in [3.63, 3.8) is 0 Å². The zero-order valence-corrected chi connectivity index (χ0v) is 13.6. The number of nitrogens with zero attached hydrogens (tertiary/aromatic N) is 3. The molecule has 1 aromatic carbocycles. The third kappa shape index (κ3) is 2.80. The molecule has 24 heavy (non-hydrogen) atoms. The summed E-state index contributed by atoms with van der Waals surface area (Å²) < 4.78 is 1.52. The van der Waals surface area contributed by atoms with E-state index in [9.17, 15) is 9.59 Å². The summed E-state index contributed by atoms with van der Waals surface area (Å²) in [5.74, 6) is -0.261. The first kappa shape index (κ1) is 15.9. The third-order valence-corrected chi connectivity index (χ3v) is 4.13. The Morgan fingerprint density at radius 1 is 1.38 bits per heavy atom. The SMILES string of the molecule is Cc1nc2n(c(=O)c1C(N)=O)C(C)CC/C2=N\Nc1ccccc1. The van der Waals surface area contributed by atoms with Crippen LogP contribution in [0.1, 0.15) is 47.7 Å². The molecule has 7 heteroatoms. The van der Waals surface area contributed by atoms with Gasteiger partial charge < -0.3 is 5.73 Å². The molecule has 0 radical (unpaired) electrons. The van der Waals surface area contributed by atoms with Gasteiger partial charge in [-0.25, -0.2) is 4.98 Å². The van der Waals surface area contributed by atoms with E-state index >= 15 is 0 Å². The Morgan fingerprint density at radius 3 is 2.75 bits per heavy atom. The summed E-state index contributed by atoms with van der Waals surface area (Å²) in [4.78, 5) is 28.6. The maximum atomic E-state index is 12.7.